The van der Waals surface area contributed by atoms with Gasteiger partial charge in [0.15, 0.2) is 0 Å². The summed E-state index contributed by atoms with van der Waals surface area (Å²) < 4.78 is 5.75. The fourth-order valence-electron chi connectivity index (χ4n) is 3.41. The van der Waals surface area contributed by atoms with Crippen molar-refractivity contribution in [3.8, 4) is 0 Å². The molecular formula is C14H24O3. The van der Waals surface area contributed by atoms with Crippen LogP contribution in [0.3, 0.4) is 0 Å². The highest BCUT2D eigenvalue weighted by molar-refractivity contribution is 5.76. The van der Waals surface area contributed by atoms with E-state index < -0.39 is 11.4 Å². The highest BCUT2D eigenvalue weighted by Crippen LogP contribution is 2.51. The summed E-state index contributed by atoms with van der Waals surface area (Å²) in [6, 6.07) is 0. The Morgan fingerprint density at radius 3 is 2.76 bits per heavy atom. The van der Waals surface area contributed by atoms with Crippen molar-refractivity contribution in [2.45, 2.75) is 58.5 Å². The number of ether oxygens (including phenoxy) is 1. The maximum atomic E-state index is 11.7. The molecule has 0 radical (unpaired) electrons. The lowest BCUT2D eigenvalue weighted by atomic mass is 9.72. The summed E-state index contributed by atoms with van der Waals surface area (Å²) in [5.41, 5.74) is -0.588. The van der Waals surface area contributed by atoms with Crippen LogP contribution in [0.15, 0.2) is 0 Å². The van der Waals surface area contributed by atoms with Crippen LogP contribution in [-0.2, 0) is 9.53 Å². The van der Waals surface area contributed by atoms with E-state index in [4.69, 9.17) is 4.74 Å². The zero-order valence-electron chi connectivity index (χ0n) is 10.9. The highest BCUT2D eigenvalue weighted by atomic mass is 16.5. The third kappa shape index (κ3) is 2.49. The van der Waals surface area contributed by atoms with Crippen molar-refractivity contribution >= 4 is 5.97 Å². The zero-order valence-corrected chi connectivity index (χ0v) is 10.9. The van der Waals surface area contributed by atoms with Crippen molar-refractivity contribution in [2.75, 3.05) is 6.61 Å². The first-order valence-corrected chi connectivity index (χ1v) is 6.95. The zero-order chi connectivity index (χ0) is 12.5. The minimum atomic E-state index is -0.630. The molecule has 0 aromatic rings. The molecule has 1 aliphatic heterocycles. The van der Waals surface area contributed by atoms with E-state index in [2.05, 4.69) is 13.8 Å². The number of carboxylic acid groups (broad SMARTS) is 1. The lowest BCUT2D eigenvalue weighted by molar-refractivity contribution is -0.154. The lowest BCUT2D eigenvalue weighted by Crippen LogP contribution is -2.41. The Hall–Kier alpha value is -0.570. The smallest absolute Gasteiger partial charge is 0.312 e. The average molecular weight is 240 g/mol. The van der Waals surface area contributed by atoms with E-state index in [0.717, 1.165) is 32.1 Å². The minimum absolute atomic E-state index is 0.0145. The fraction of sp³-hybridized carbons (Fsp3) is 0.929. The first-order valence-electron chi connectivity index (χ1n) is 6.95. The van der Waals surface area contributed by atoms with Crippen LogP contribution in [0.1, 0.15) is 52.4 Å². The molecule has 2 aliphatic rings. The Morgan fingerprint density at radius 2 is 2.24 bits per heavy atom. The largest absolute Gasteiger partial charge is 0.481 e. The summed E-state index contributed by atoms with van der Waals surface area (Å²) in [4.78, 5) is 11.7. The van der Waals surface area contributed by atoms with Gasteiger partial charge in [-0.15, -0.1) is 0 Å². The molecule has 17 heavy (non-hydrogen) atoms. The van der Waals surface area contributed by atoms with Gasteiger partial charge >= 0.3 is 5.97 Å². The normalized spacial score (nSPS) is 34.8. The standard InChI is InChI=1S/C14H24O3/c1-3-4-10(2)9-14(13(15)16)7-8-17-12(14)11-5-6-11/h10-12H,3-9H2,1-2H3,(H,15,16). The van der Waals surface area contributed by atoms with Crippen LogP contribution >= 0.6 is 0 Å². The molecule has 0 aromatic heterocycles. The van der Waals surface area contributed by atoms with Gasteiger partial charge in [-0.25, -0.2) is 0 Å². The maximum Gasteiger partial charge on any atom is 0.312 e. The number of rotatable bonds is 6. The summed E-state index contributed by atoms with van der Waals surface area (Å²) in [6.07, 6.45) is 6.04. The summed E-state index contributed by atoms with van der Waals surface area (Å²) in [5.74, 6) is 0.372. The van der Waals surface area contributed by atoms with Gasteiger partial charge in [-0.1, -0.05) is 26.7 Å². The molecule has 3 heteroatoms. The Bertz CT molecular complexity index is 285. The van der Waals surface area contributed by atoms with Crippen LogP contribution in [-0.4, -0.2) is 23.8 Å². The molecule has 3 nitrogen and oxygen atoms in total. The molecule has 1 aliphatic carbocycles. The van der Waals surface area contributed by atoms with E-state index in [9.17, 15) is 9.90 Å². The fourth-order valence-corrected chi connectivity index (χ4v) is 3.41. The first kappa shape index (κ1) is 12.9. The Labute approximate surface area is 104 Å². The highest BCUT2D eigenvalue weighted by Gasteiger charge is 2.55. The molecule has 1 saturated heterocycles. The van der Waals surface area contributed by atoms with Gasteiger partial charge in [0.2, 0.25) is 0 Å². The van der Waals surface area contributed by atoms with Crippen molar-refractivity contribution in [1.82, 2.24) is 0 Å². The number of hydrogen-bond donors (Lipinski definition) is 1. The van der Waals surface area contributed by atoms with Gasteiger partial charge < -0.3 is 9.84 Å². The molecule has 1 saturated carbocycles. The minimum Gasteiger partial charge on any atom is -0.481 e. The number of carboxylic acids is 1. The molecule has 2 rings (SSSR count). The SMILES string of the molecule is CCCC(C)CC1(C(=O)O)CCOC1C1CC1. The average Bonchev–Trinajstić information content (AvgIpc) is 3.01. The first-order chi connectivity index (χ1) is 8.10. The van der Waals surface area contributed by atoms with Crippen molar-refractivity contribution in [1.29, 1.82) is 0 Å². The van der Waals surface area contributed by atoms with Crippen LogP contribution < -0.4 is 0 Å². The molecule has 3 unspecified atom stereocenters. The van der Waals surface area contributed by atoms with Crippen molar-refractivity contribution in [3.63, 3.8) is 0 Å². The third-order valence-electron chi connectivity index (χ3n) is 4.36. The monoisotopic (exact) mass is 240 g/mol. The van der Waals surface area contributed by atoms with Gasteiger partial charge in [0.05, 0.1) is 11.5 Å². The number of aliphatic carboxylic acids is 1. The molecule has 1 heterocycles. The van der Waals surface area contributed by atoms with Crippen molar-refractivity contribution in [3.05, 3.63) is 0 Å². The molecular weight excluding hydrogens is 216 g/mol. The lowest BCUT2D eigenvalue weighted by Gasteiger charge is -2.32. The van der Waals surface area contributed by atoms with Gasteiger partial charge in [0.25, 0.3) is 0 Å². The number of hydrogen-bond acceptors (Lipinski definition) is 2. The van der Waals surface area contributed by atoms with Gasteiger partial charge in [-0.2, -0.15) is 0 Å². The molecule has 0 aromatic carbocycles. The van der Waals surface area contributed by atoms with Gasteiger partial charge in [0.1, 0.15) is 0 Å². The molecule has 3 atom stereocenters. The van der Waals surface area contributed by atoms with E-state index >= 15 is 0 Å². The molecule has 0 spiro atoms. The second-order valence-corrected chi connectivity index (χ2v) is 5.94. The predicted molar refractivity (Wildman–Crippen MR) is 65.8 cm³/mol. The quantitative estimate of drug-likeness (QED) is 0.776. The van der Waals surface area contributed by atoms with Crippen molar-refractivity contribution < 1.29 is 14.6 Å². The maximum absolute atomic E-state index is 11.7. The van der Waals surface area contributed by atoms with E-state index in [1.54, 1.807) is 0 Å². The van der Waals surface area contributed by atoms with Gasteiger partial charge in [-0.3, -0.25) is 4.79 Å². The Morgan fingerprint density at radius 1 is 1.53 bits per heavy atom. The Kier molecular flexibility index (Phi) is 3.76. The molecule has 98 valence electrons. The van der Waals surface area contributed by atoms with E-state index in [1.165, 1.54) is 0 Å². The summed E-state index contributed by atoms with van der Waals surface area (Å²) in [7, 11) is 0. The molecule has 0 amide bonds. The van der Waals surface area contributed by atoms with Crippen LogP contribution in [0.25, 0.3) is 0 Å². The summed E-state index contributed by atoms with van der Waals surface area (Å²) >= 11 is 0. The van der Waals surface area contributed by atoms with Gasteiger partial charge in [0, 0.05) is 6.61 Å². The van der Waals surface area contributed by atoms with Crippen LogP contribution in [0, 0.1) is 17.3 Å². The van der Waals surface area contributed by atoms with Crippen molar-refractivity contribution in [2.24, 2.45) is 17.3 Å². The molecule has 0 bridgehead atoms. The molecule has 1 N–H and O–H groups in total. The third-order valence-corrected chi connectivity index (χ3v) is 4.36. The van der Waals surface area contributed by atoms with E-state index in [-0.39, 0.29) is 6.10 Å². The summed E-state index contributed by atoms with van der Waals surface area (Å²) in [5, 5.41) is 9.65. The number of carbonyl (C=O) groups is 1. The summed E-state index contributed by atoms with van der Waals surface area (Å²) in [6.45, 7) is 4.97. The second-order valence-electron chi connectivity index (χ2n) is 5.94. The predicted octanol–water partition coefficient (Wildman–Crippen LogP) is 3.08. The van der Waals surface area contributed by atoms with Crippen LogP contribution in [0.4, 0.5) is 0 Å². The van der Waals surface area contributed by atoms with Gasteiger partial charge in [-0.05, 0) is 37.5 Å². The molecule has 2 fully saturated rings. The van der Waals surface area contributed by atoms with Crippen LogP contribution in [0.2, 0.25) is 0 Å². The van der Waals surface area contributed by atoms with Crippen LogP contribution in [0.5, 0.6) is 0 Å². The Balaban J connectivity index is 2.10. The van der Waals surface area contributed by atoms with E-state index in [1.807, 2.05) is 0 Å². The second kappa shape index (κ2) is 4.97. The van der Waals surface area contributed by atoms with E-state index in [0.29, 0.717) is 24.9 Å². The topological polar surface area (TPSA) is 46.5 Å².